The molecule has 7 nitrogen and oxygen atoms in total. The second kappa shape index (κ2) is 6.40. The van der Waals surface area contributed by atoms with Crippen LogP contribution in [0.3, 0.4) is 0 Å². The summed E-state index contributed by atoms with van der Waals surface area (Å²) in [6, 6.07) is 0. The molecule has 0 aliphatic heterocycles. The maximum atomic E-state index is 12.2. The van der Waals surface area contributed by atoms with Gasteiger partial charge in [-0.1, -0.05) is 13.8 Å². The average Bonchev–Trinajstić information content (AvgIpc) is 2.97. The quantitative estimate of drug-likeness (QED) is 0.566. The number of rotatable bonds is 5. The number of hydrazine groups is 1. The molecule has 2 aromatic rings. The van der Waals surface area contributed by atoms with E-state index in [4.69, 9.17) is 5.84 Å². The van der Waals surface area contributed by atoms with Gasteiger partial charge in [0.1, 0.15) is 10.8 Å². The molecule has 0 spiro atoms. The number of amides is 1. The highest BCUT2D eigenvalue weighted by atomic mass is 32.1. The van der Waals surface area contributed by atoms with Crippen molar-refractivity contribution >= 4 is 22.9 Å². The highest BCUT2D eigenvalue weighted by Crippen LogP contribution is 2.15. The predicted octanol–water partition coefficient (Wildman–Crippen LogP) is 1.27. The first-order chi connectivity index (χ1) is 9.61. The lowest BCUT2D eigenvalue weighted by Gasteiger charge is -2.10. The van der Waals surface area contributed by atoms with E-state index in [0.717, 1.165) is 5.01 Å². The molecule has 0 atom stereocenters. The van der Waals surface area contributed by atoms with Gasteiger partial charge in [0.05, 0.1) is 18.4 Å². The number of hydrogen-bond donors (Lipinski definition) is 3. The fourth-order valence-electron chi connectivity index (χ4n) is 1.53. The third-order valence-electron chi connectivity index (χ3n) is 2.58. The summed E-state index contributed by atoms with van der Waals surface area (Å²) in [4.78, 5) is 24.7. The van der Waals surface area contributed by atoms with E-state index in [-0.39, 0.29) is 17.5 Å². The minimum atomic E-state index is -0.308. The van der Waals surface area contributed by atoms with Crippen LogP contribution in [0.5, 0.6) is 0 Å². The summed E-state index contributed by atoms with van der Waals surface area (Å²) in [5.74, 6) is 5.81. The number of carbonyl (C=O) groups is 1. The molecule has 8 heteroatoms. The van der Waals surface area contributed by atoms with E-state index in [0.29, 0.717) is 18.1 Å². The van der Waals surface area contributed by atoms with Crippen molar-refractivity contribution in [3.8, 4) is 0 Å². The summed E-state index contributed by atoms with van der Waals surface area (Å²) >= 11 is 1.48. The number of thiazole rings is 1. The summed E-state index contributed by atoms with van der Waals surface area (Å²) < 4.78 is 0. The van der Waals surface area contributed by atoms with Gasteiger partial charge in [-0.3, -0.25) is 10.6 Å². The summed E-state index contributed by atoms with van der Waals surface area (Å²) in [6.07, 6.45) is 3.21. The molecule has 0 aromatic carbocycles. The summed E-state index contributed by atoms with van der Waals surface area (Å²) in [6.45, 7) is 4.28. The van der Waals surface area contributed by atoms with Crippen molar-refractivity contribution in [2.45, 2.75) is 26.3 Å². The van der Waals surface area contributed by atoms with Gasteiger partial charge in [-0.2, -0.15) is 0 Å². The van der Waals surface area contributed by atoms with E-state index in [9.17, 15) is 4.79 Å². The molecule has 0 bridgehead atoms. The summed E-state index contributed by atoms with van der Waals surface area (Å²) in [5, 5.41) is 5.45. The Labute approximate surface area is 120 Å². The molecular formula is C12H16N6OS. The Balaban J connectivity index is 2.16. The van der Waals surface area contributed by atoms with Gasteiger partial charge in [-0.15, -0.1) is 11.3 Å². The molecule has 0 aliphatic carbocycles. The fourth-order valence-corrected chi connectivity index (χ4v) is 2.09. The maximum Gasteiger partial charge on any atom is 0.272 e. The molecule has 1 amide bonds. The SMILES string of the molecule is CC(C)c1ncc(NN)c(C(=O)NCc2nccs2)n1. The smallest absolute Gasteiger partial charge is 0.272 e. The van der Waals surface area contributed by atoms with E-state index in [1.807, 2.05) is 19.2 Å². The Morgan fingerprint density at radius 3 is 2.85 bits per heavy atom. The molecule has 2 rings (SSSR count). The number of nitrogen functional groups attached to an aromatic ring is 1. The van der Waals surface area contributed by atoms with Crippen LogP contribution < -0.4 is 16.6 Å². The Morgan fingerprint density at radius 2 is 2.25 bits per heavy atom. The third-order valence-corrected chi connectivity index (χ3v) is 3.36. The Hall–Kier alpha value is -2.06. The first-order valence-electron chi connectivity index (χ1n) is 6.12. The first kappa shape index (κ1) is 14.4. The van der Waals surface area contributed by atoms with E-state index in [1.54, 1.807) is 6.20 Å². The number of nitrogens with two attached hydrogens (primary N) is 1. The number of nitrogens with zero attached hydrogens (tertiary/aromatic N) is 3. The topological polar surface area (TPSA) is 106 Å². The lowest BCUT2D eigenvalue weighted by molar-refractivity contribution is 0.0946. The van der Waals surface area contributed by atoms with Crippen molar-refractivity contribution in [1.82, 2.24) is 20.3 Å². The van der Waals surface area contributed by atoms with Gasteiger partial charge in [0, 0.05) is 17.5 Å². The van der Waals surface area contributed by atoms with Crippen molar-refractivity contribution in [1.29, 1.82) is 0 Å². The summed E-state index contributed by atoms with van der Waals surface area (Å²) in [7, 11) is 0. The van der Waals surface area contributed by atoms with Crippen LogP contribution in [0.15, 0.2) is 17.8 Å². The van der Waals surface area contributed by atoms with Crippen LogP contribution in [-0.2, 0) is 6.54 Å². The van der Waals surface area contributed by atoms with Crippen LogP contribution in [0.25, 0.3) is 0 Å². The first-order valence-corrected chi connectivity index (χ1v) is 7.00. The van der Waals surface area contributed by atoms with Crippen LogP contribution in [0, 0.1) is 0 Å². The normalized spacial score (nSPS) is 10.6. The second-order valence-electron chi connectivity index (χ2n) is 4.40. The monoisotopic (exact) mass is 292 g/mol. The zero-order valence-electron chi connectivity index (χ0n) is 11.3. The van der Waals surface area contributed by atoms with Crippen molar-refractivity contribution in [3.05, 3.63) is 34.3 Å². The van der Waals surface area contributed by atoms with Gasteiger partial charge >= 0.3 is 0 Å². The van der Waals surface area contributed by atoms with Gasteiger partial charge in [0.2, 0.25) is 0 Å². The van der Waals surface area contributed by atoms with Gasteiger partial charge in [0.25, 0.3) is 5.91 Å². The number of aromatic nitrogens is 3. The molecule has 0 saturated heterocycles. The molecule has 0 saturated carbocycles. The highest BCUT2D eigenvalue weighted by Gasteiger charge is 2.16. The van der Waals surface area contributed by atoms with Gasteiger partial charge < -0.3 is 10.7 Å². The van der Waals surface area contributed by atoms with Crippen LogP contribution in [-0.4, -0.2) is 20.9 Å². The van der Waals surface area contributed by atoms with Crippen LogP contribution in [0.4, 0.5) is 5.69 Å². The minimum absolute atomic E-state index is 0.132. The van der Waals surface area contributed by atoms with E-state index in [2.05, 4.69) is 25.7 Å². The standard InChI is InChI=1S/C12H16N6OS/c1-7(2)11-15-5-8(18-13)10(17-11)12(19)16-6-9-14-3-4-20-9/h3-5,7,18H,6,13H2,1-2H3,(H,16,19). The van der Waals surface area contributed by atoms with Gasteiger partial charge in [-0.05, 0) is 0 Å². The van der Waals surface area contributed by atoms with Crippen molar-refractivity contribution in [3.63, 3.8) is 0 Å². The molecule has 0 aliphatic rings. The fraction of sp³-hybridized carbons (Fsp3) is 0.333. The number of nitrogens with one attached hydrogen (secondary N) is 2. The lowest BCUT2D eigenvalue weighted by Crippen LogP contribution is -2.26. The Morgan fingerprint density at radius 1 is 1.45 bits per heavy atom. The summed E-state index contributed by atoms with van der Waals surface area (Å²) in [5.41, 5.74) is 3.07. The molecule has 0 radical (unpaired) electrons. The number of hydrogen-bond acceptors (Lipinski definition) is 7. The van der Waals surface area contributed by atoms with E-state index < -0.39 is 0 Å². The number of anilines is 1. The number of carbonyl (C=O) groups excluding carboxylic acids is 1. The van der Waals surface area contributed by atoms with Crippen molar-refractivity contribution in [2.24, 2.45) is 5.84 Å². The molecule has 2 heterocycles. The van der Waals surface area contributed by atoms with Crippen LogP contribution >= 0.6 is 11.3 Å². The van der Waals surface area contributed by atoms with Crippen LogP contribution in [0.1, 0.15) is 41.1 Å². The largest absolute Gasteiger partial charge is 0.344 e. The Bertz CT molecular complexity index is 584. The average molecular weight is 292 g/mol. The highest BCUT2D eigenvalue weighted by molar-refractivity contribution is 7.09. The lowest BCUT2D eigenvalue weighted by atomic mass is 10.2. The Kier molecular flexibility index (Phi) is 4.59. The third kappa shape index (κ3) is 3.28. The zero-order valence-corrected chi connectivity index (χ0v) is 12.1. The molecule has 4 N–H and O–H groups in total. The molecular weight excluding hydrogens is 276 g/mol. The van der Waals surface area contributed by atoms with Gasteiger partial charge in [0.15, 0.2) is 5.69 Å². The second-order valence-corrected chi connectivity index (χ2v) is 5.38. The minimum Gasteiger partial charge on any atom is -0.344 e. The van der Waals surface area contributed by atoms with Crippen molar-refractivity contribution < 1.29 is 4.79 Å². The molecule has 106 valence electrons. The zero-order chi connectivity index (χ0) is 14.5. The molecule has 2 aromatic heterocycles. The van der Waals surface area contributed by atoms with Crippen LogP contribution in [0.2, 0.25) is 0 Å². The van der Waals surface area contributed by atoms with Gasteiger partial charge in [-0.25, -0.2) is 15.0 Å². The van der Waals surface area contributed by atoms with Crippen molar-refractivity contribution in [2.75, 3.05) is 5.43 Å². The van der Waals surface area contributed by atoms with E-state index in [1.165, 1.54) is 17.5 Å². The van der Waals surface area contributed by atoms with E-state index >= 15 is 0 Å². The molecule has 0 unspecified atom stereocenters. The molecule has 0 fully saturated rings. The maximum absolute atomic E-state index is 12.2. The predicted molar refractivity (Wildman–Crippen MR) is 77.2 cm³/mol. The molecule has 20 heavy (non-hydrogen) atoms.